The van der Waals surface area contributed by atoms with Gasteiger partial charge in [0.1, 0.15) is 0 Å². The van der Waals surface area contributed by atoms with Crippen LogP contribution in [0.3, 0.4) is 0 Å². The molecule has 1 aliphatic rings. The van der Waals surface area contributed by atoms with Crippen LogP contribution >= 0.6 is 0 Å². The van der Waals surface area contributed by atoms with Gasteiger partial charge in [-0.05, 0) is 37.2 Å². The van der Waals surface area contributed by atoms with E-state index < -0.39 is 11.2 Å². The van der Waals surface area contributed by atoms with Gasteiger partial charge in [0.05, 0.1) is 10.9 Å². The molecular formula is C20H28N4O3. The van der Waals surface area contributed by atoms with E-state index in [9.17, 15) is 14.4 Å². The molecule has 0 atom stereocenters. The third-order valence-corrected chi connectivity index (χ3v) is 5.31. The Hall–Kier alpha value is -2.44. The van der Waals surface area contributed by atoms with Gasteiger partial charge in [-0.1, -0.05) is 27.7 Å². The largest absolute Gasteiger partial charge is 0.339 e. The van der Waals surface area contributed by atoms with E-state index in [1.165, 1.54) is 4.57 Å². The minimum Gasteiger partial charge on any atom is -0.339 e. The molecule has 2 aromatic heterocycles. The highest BCUT2D eigenvalue weighted by Crippen LogP contribution is 2.23. The fraction of sp³-hybridized carbons (Fsp3) is 0.600. The molecule has 146 valence electrons. The Morgan fingerprint density at radius 2 is 1.96 bits per heavy atom. The van der Waals surface area contributed by atoms with Gasteiger partial charge < -0.3 is 4.90 Å². The lowest BCUT2D eigenvalue weighted by atomic mass is 9.97. The zero-order chi connectivity index (χ0) is 19.7. The Labute approximate surface area is 158 Å². The van der Waals surface area contributed by atoms with Crippen molar-refractivity contribution in [3.63, 3.8) is 0 Å². The molecule has 1 N–H and O–H groups in total. The molecule has 3 heterocycles. The van der Waals surface area contributed by atoms with E-state index in [0.717, 1.165) is 19.3 Å². The fourth-order valence-electron chi connectivity index (χ4n) is 3.57. The van der Waals surface area contributed by atoms with Gasteiger partial charge >= 0.3 is 5.69 Å². The van der Waals surface area contributed by atoms with Crippen LogP contribution in [0.25, 0.3) is 11.0 Å². The summed E-state index contributed by atoms with van der Waals surface area (Å²) in [4.78, 5) is 47.0. The molecule has 0 aromatic carbocycles. The van der Waals surface area contributed by atoms with Crippen molar-refractivity contribution in [2.45, 2.75) is 59.4 Å². The Morgan fingerprint density at radius 1 is 1.30 bits per heavy atom. The van der Waals surface area contributed by atoms with E-state index in [0.29, 0.717) is 42.5 Å². The number of nitrogens with zero attached hydrogens (tertiary/aromatic N) is 3. The molecule has 0 bridgehead atoms. The number of hydrogen-bond donors (Lipinski definition) is 1. The van der Waals surface area contributed by atoms with Gasteiger partial charge in [0.15, 0.2) is 5.65 Å². The van der Waals surface area contributed by atoms with Crippen molar-refractivity contribution in [3.8, 4) is 0 Å². The van der Waals surface area contributed by atoms with Crippen molar-refractivity contribution in [3.05, 3.63) is 38.2 Å². The number of amides is 1. The lowest BCUT2D eigenvalue weighted by Crippen LogP contribution is -2.39. The van der Waals surface area contributed by atoms with E-state index in [1.807, 2.05) is 25.7 Å². The lowest BCUT2D eigenvalue weighted by molar-refractivity contribution is 0.0699. The van der Waals surface area contributed by atoms with Gasteiger partial charge in [-0.25, -0.2) is 9.78 Å². The SMILES string of the molecule is CCCn1c(=O)[nH]c(=O)c2c(C(=O)N3CCC(C)CC3)cc(C(C)C)nc21. The second kappa shape index (κ2) is 7.66. The van der Waals surface area contributed by atoms with Crippen molar-refractivity contribution in [2.24, 2.45) is 5.92 Å². The number of rotatable bonds is 4. The predicted octanol–water partition coefficient (Wildman–Crippen LogP) is 2.49. The van der Waals surface area contributed by atoms with Crippen LogP contribution in [0.5, 0.6) is 0 Å². The van der Waals surface area contributed by atoms with Gasteiger partial charge in [-0.2, -0.15) is 0 Å². The molecule has 0 aliphatic carbocycles. The molecule has 1 fully saturated rings. The number of aryl methyl sites for hydroxylation is 1. The molecule has 27 heavy (non-hydrogen) atoms. The summed E-state index contributed by atoms with van der Waals surface area (Å²) in [5.74, 6) is 0.530. The molecule has 7 heteroatoms. The molecule has 1 amide bonds. The van der Waals surface area contributed by atoms with E-state index >= 15 is 0 Å². The summed E-state index contributed by atoms with van der Waals surface area (Å²) < 4.78 is 1.47. The highest BCUT2D eigenvalue weighted by molar-refractivity contribution is 6.05. The molecule has 0 radical (unpaired) electrons. The molecule has 0 spiro atoms. The van der Waals surface area contributed by atoms with Crippen molar-refractivity contribution >= 4 is 16.9 Å². The van der Waals surface area contributed by atoms with Gasteiger partial charge in [0.25, 0.3) is 11.5 Å². The van der Waals surface area contributed by atoms with Crippen LogP contribution in [0.2, 0.25) is 0 Å². The maximum Gasteiger partial charge on any atom is 0.329 e. The lowest BCUT2D eigenvalue weighted by Gasteiger charge is -2.30. The Bertz CT molecular complexity index is 966. The molecule has 1 aliphatic heterocycles. The van der Waals surface area contributed by atoms with Crippen molar-refractivity contribution < 1.29 is 4.79 Å². The maximum atomic E-state index is 13.3. The normalized spacial score (nSPS) is 15.7. The highest BCUT2D eigenvalue weighted by atomic mass is 16.2. The number of carbonyl (C=O) groups excluding carboxylic acids is 1. The number of aromatic nitrogens is 3. The first-order valence-electron chi connectivity index (χ1n) is 9.80. The van der Waals surface area contributed by atoms with Crippen LogP contribution in [-0.2, 0) is 6.54 Å². The number of nitrogens with one attached hydrogen (secondary N) is 1. The molecule has 1 saturated heterocycles. The number of carbonyl (C=O) groups is 1. The Kier molecular flexibility index (Phi) is 5.48. The van der Waals surface area contributed by atoms with Crippen LogP contribution in [0.1, 0.15) is 68.9 Å². The molecule has 0 unspecified atom stereocenters. The highest BCUT2D eigenvalue weighted by Gasteiger charge is 2.26. The van der Waals surface area contributed by atoms with Crippen LogP contribution in [0, 0.1) is 5.92 Å². The standard InChI is InChI=1S/C20H28N4O3/c1-5-8-24-17-16(18(25)22-20(24)27)14(11-15(21-17)12(2)3)19(26)23-9-6-13(4)7-10-23/h11-13H,5-10H2,1-4H3,(H,22,25,27). The summed E-state index contributed by atoms with van der Waals surface area (Å²) in [6.07, 6.45) is 2.65. The summed E-state index contributed by atoms with van der Waals surface area (Å²) in [5, 5.41) is 0.219. The third kappa shape index (κ3) is 3.68. The molecular weight excluding hydrogens is 344 g/mol. The molecule has 3 rings (SSSR count). The summed E-state index contributed by atoms with van der Waals surface area (Å²) in [7, 11) is 0. The first-order chi connectivity index (χ1) is 12.8. The van der Waals surface area contributed by atoms with Gasteiger partial charge in [-0.15, -0.1) is 0 Å². The van der Waals surface area contributed by atoms with Gasteiger partial charge in [0.2, 0.25) is 0 Å². The fourth-order valence-corrected chi connectivity index (χ4v) is 3.57. The quantitative estimate of drug-likeness (QED) is 0.893. The summed E-state index contributed by atoms with van der Waals surface area (Å²) in [5.41, 5.74) is 0.354. The van der Waals surface area contributed by atoms with Crippen molar-refractivity contribution in [2.75, 3.05) is 13.1 Å². The average Bonchev–Trinajstić information content (AvgIpc) is 2.64. The second-order valence-electron chi connectivity index (χ2n) is 7.83. The van der Waals surface area contributed by atoms with E-state index in [-0.39, 0.29) is 17.2 Å². The van der Waals surface area contributed by atoms with Crippen molar-refractivity contribution in [1.82, 2.24) is 19.4 Å². The first-order valence-corrected chi connectivity index (χ1v) is 9.80. The van der Waals surface area contributed by atoms with E-state index in [2.05, 4.69) is 16.9 Å². The predicted molar refractivity (Wildman–Crippen MR) is 105 cm³/mol. The molecule has 7 nitrogen and oxygen atoms in total. The summed E-state index contributed by atoms with van der Waals surface area (Å²) >= 11 is 0. The second-order valence-corrected chi connectivity index (χ2v) is 7.83. The maximum absolute atomic E-state index is 13.3. The topological polar surface area (TPSA) is 88.1 Å². The van der Waals surface area contributed by atoms with E-state index in [4.69, 9.17) is 0 Å². The van der Waals surface area contributed by atoms with Crippen molar-refractivity contribution in [1.29, 1.82) is 0 Å². The Balaban J connectivity index is 2.24. The zero-order valence-electron chi connectivity index (χ0n) is 16.5. The molecule has 2 aromatic rings. The third-order valence-electron chi connectivity index (χ3n) is 5.31. The number of H-pyrrole nitrogens is 1. The Morgan fingerprint density at radius 3 is 2.56 bits per heavy atom. The van der Waals surface area contributed by atoms with E-state index in [1.54, 1.807) is 6.07 Å². The minimum absolute atomic E-state index is 0.0757. The van der Waals surface area contributed by atoms with Crippen LogP contribution < -0.4 is 11.2 Å². The average molecular weight is 372 g/mol. The zero-order valence-corrected chi connectivity index (χ0v) is 16.5. The minimum atomic E-state index is -0.543. The number of fused-ring (bicyclic) bond motifs is 1. The number of likely N-dealkylation sites (tertiary alicyclic amines) is 1. The smallest absolute Gasteiger partial charge is 0.329 e. The van der Waals surface area contributed by atoms with Crippen LogP contribution in [0.4, 0.5) is 0 Å². The summed E-state index contributed by atoms with van der Waals surface area (Å²) in [6, 6.07) is 1.73. The monoisotopic (exact) mass is 372 g/mol. The number of pyridine rings is 1. The molecule has 0 saturated carbocycles. The van der Waals surface area contributed by atoms with Gasteiger partial charge in [0, 0.05) is 25.3 Å². The van der Waals surface area contributed by atoms with Crippen LogP contribution in [-0.4, -0.2) is 38.4 Å². The number of aromatic amines is 1. The van der Waals surface area contributed by atoms with Crippen LogP contribution in [0.15, 0.2) is 15.7 Å². The summed E-state index contributed by atoms with van der Waals surface area (Å²) in [6.45, 7) is 9.93. The first kappa shape index (κ1) is 19.3. The van der Waals surface area contributed by atoms with Gasteiger partial charge in [-0.3, -0.25) is 19.1 Å². The number of piperidine rings is 1. The number of hydrogen-bond acceptors (Lipinski definition) is 4.